The van der Waals surface area contributed by atoms with Gasteiger partial charge >= 0.3 is 29.6 Å². The molecule has 0 saturated carbocycles. The molecule has 1 aromatic carbocycles. The first-order valence-corrected chi connectivity index (χ1v) is 9.62. The van der Waals surface area contributed by atoms with Crippen LogP contribution in [0.3, 0.4) is 0 Å². The molecule has 13 heteroatoms. The largest absolute Gasteiger partial charge is 1.00 e. The minimum atomic E-state index is -1.98. The zero-order valence-electron chi connectivity index (χ0n) is 17.0. The Labute approximate surface area is 204 Å². The number of ether oxygens (including phenoxy) is 4. The average molecular weight is 463 g/mol. The predicted octanol–water partition coefficient (Wildman–Crippen LogP) is -7.14. The van der Waals surface area contributed by atoms with Crippen molar-refractivity contribution >= 4 is 11.9 Å². The number of aliphatic carboxylic acids is 1. The molecule has 32 heavy (non-hydrogen) atoms. The molecule has 2 fully saturated rings. The van der Waals surface area contributed by atoms with Gasteiger partial charge in [-0.15, -0.1) is 0 Å². The Morgan fingerprint density at radius 1 is 1.03 bits per heavy atom. The normalized spacial score (nSPS) is 41.1. The van der Waals surface area contributed by atoms with Crippen LogP contribution in [0.4, 0.5) is 0 Å². The molecule has 2 saturated heterocycles. The number of benzene rings is 1. The topological polar surface area (TPSA) is 191 Å². The number of nitrogens with zero attached hydrogens (tertiary/aromatic N) is 1. The first-order chi connectivity index (χ1) is 14.8. The summed E-state index contributed by atoms with van der Waals surface area (Å²) in [6.07, 6.45) is -14.4. The van der Waals surface area contributed by atoms with Crippen molar-refractivity contribution < 1.29 is 83.9 Å². The fourth-order valence-electron chi connectivity index (χ4n) is 3.75. The molecule has 5 N–H and O–H groups in total. The molecule has 1 aromatic rings. The molecule has 3 aliphatic rings. The molecule has 0 bridgehead atoms. The van der Waals surface area contributed by atoms with Gasteiger partial charge in [0.05, 0.1) is 12.6 Å². The summed E-state index contributed by atoms with van der Waals surface area (Å²) in [6.45, 7) is -0.592. The van der Waals surface area contributed by atoms with Crippen LogP contribution in [0, 0.1) is 0 Å². The van der Waals surface area contributed by atoms with Gasteiger partial charge in [0, 0.05) is 5.56 Å². The summed E-state index contributed by atoms with van der Waals surface area (Å²) in [4.78, 5) is 15.6. The number of carboxylic acid groups (broad SMARTS) is 1. The van der Waals surface area contributed by atoms with Gasteiger partial charge in [-0.25, -0.2) is 4.99 Å². The van der Waals surface area contributed by atoms with Gasteiger partial charge in [-0.1, -0.05) is 18.2 Å². The smallest absolute Gasteiger partial charge is 0.547 e. The van der Waals surface area contributed by atoms with Crippen molar-refractivity contribution in [3.05, 3.63) is 35.9 Å². The molecule has 170 valence electrons. The van der Waals surface area contributed by atoms with Gasteiger partial charge in [0.15, 0.2) is 6.29 Å². The van der Waals surface area contributed by atoms with E-state index in [0.29, 0.717) is 5.56 Å². The van der Waals surface area contributed by atoms with Gasteiger partial charge in [0.25, 0.3) is 0 Å². The second kappa shape index (κ2) is 10.4. The van der Waals surface area contributed by atoms with Gasteiger partial charge in [-0.3, -0.25) is 0 Å². The molecule has 12 nitrogen and oxygen atoms in total. The number of aliphatic hydroxyl groups is 5. The van der Waals surface area contributed by atoms with E-state index in [4.69, 9.17) is 18.9 Å². The predicted molar refractivity (Wildman–Crippen MR) is 96.2 cm³/mol. The van der Waals surface area contributed by atoms with Crippen LogP contribution in [-0.4, -0.2) is 105 Å². The van der Waals surface area contributed by atoms with Crippen molar-refractivity contribution in [1.82, 2.24) is 0 Å². The summed E-state index contributed by atoms with van der Waals surface area (Å²) in [5.74, 6) is -1.62. The number of hydrogen-bond acceptors (Lipinski definition) is 12. The summed E-state index contributed by atoms with van der Waals surface area (Å²) < 4.78 is 22.0. The third kappa shape index (κ3) is 4.72. The van der Waals surface area contributed by atoms with Crippen LogP contribution in [0.25, 0.3) is 0 Å². The maximum atomic E-state index is 11.2. The van der Waals surface area contributed by atoms with E-state index in [2.05, 4.69) is 4.99 Å². The first kappa shape index (κ1) is 25.5. The van der Waals surface area contributed by atoms with Crippen molar-refractivity contribution in [2.75, 3.05) is 6.61 Å². The quantitative estimate of drug-likeness (QED) is 0.261. The van der Waals surface area contributed by atoms with Crippen LogP contribution in [0.15, 0.2) is 35.3 Å². The fraction of sp³-hybridized carbons (Fsp3) is 0.579. The van der Waals surface area contributed by atoms with E-state index in [1.54, 1.807) is 30.3 Å². The molecule has 0 aromatic heterocycles. The molecule has 0 aliphatic carbocycles. The molecule has 0 amide bonds. The number of carboxylic acids is 1. The van der Waals surface area contributed by atoms with Crippen LogP contribution < -0.4 is 34.7 Å². The van der Waals surface area contributed by atoms with Crippen LogP contribution in [0.5, 0.6) is 0 Å². The van der Waals surface area contributed by atoms with Crippen molar-refractivity contribution in [3.63, 3.8) is 0 Å². The van der Waals surface area contributed by atoms with E-state index < -0.39 is 73.9 Å². The number of aliphatic imine (C=N–C) groups is 1. The third-order valence-electron chi connectivity index (χ3n) is 5.43. The molecule has 4 rings (SSSR count). The molecular formula is C19H22NNaO11. The van der Waals surface area contributed by atoms with Gasteiger partial charge in [-0.05, 0) is 12.1 Å². The van der Waals surface area contributed by atoms with Crippen molar-refractivity contribution in [2.45, 2.75) is 61.3 Å². The maximum Gasteiger partial charge on any atom is 1.00 e. The van der Waals surface area contributed by atoms with Crippen molar-refractivity contribution in [1.29, 1.82) is 0 Å². The van der Waals surface area contributed by atoms with E-state index >= 15 is 0 Å². The summed E-state index contributed by atoms with van der Waals surface area (Å²) >= 11 is 0. The number of hydrogen-bond donors (Lipinski definition) is 5. The summed E-state index contributed by atoms with van der Waals surface area (Å²) in [7, 11) is 0. The van der Waals surface area contributed by atoms with E-state index in [0.717, 1.165) is 0 Å². The summed E-state index contributed by atoms with van der Waals surface area (Å²) in [6, 6.07) is 7.85. The van der Waals surface area contributed by atoms with Crippen molar-refractivity contribution in [3.8, 4) is 0 Å². The minimum Gasteiger partial charge on any atom is -0.547 e. The molecule has 3 heterocycles. The summed E-state index contributed by atoms with van der Waals surface area (Å²) in [5, 5.41) is 61.4. The zero-order valence-corrected chi connectivity index (χ0v) is 19.0. The van der Waals surface area contributed by atoms with E-state index in [1.165, 1.54) is 0 Å². The number of rotatable bonds is 5. The van der Waals surface area contributed by atoms with E-state index in [9.17, 15) is 35.4 Å². The number of fused-ring (bicyclic) bond motifs is 1. The Hall–Kier alpha value is -1.16. The van der Waals surface area contributed by atoms with Crippen LogP contribution in [0.2, 0.25) is 0 Å². The van der Waals surface area contributed by atoms with E-state index in [1.807, 2.05) is 0 Å². The molecule has 0 unspecified atom stereocenters. The van der Waals surface area contributed by atoms with Crippen molar-refractivity contribution in [2.24, 2.45) is 4.99 Å². The number of aliphatic hydroxyl groups excluding tert-OH is 5. The second-order valence-electron chi connectivity index (χ2n) is 7.44. The standard InChI is InChI=1S/C19H23NO11.Na/c21-6-8-10(22)14(29-19-13(25)11(23)12(24)15(30-19)17(26)27)9-18(28-8)31-16(20-9)7-4-2-1-3-5-7;/h1-5,8-15,18-19,21-25H,6H2,(H,26,27);/q;+1/p-1/t8-,9+,10-,11+,12+,13-,14-,15+,18+,19-;/m1./s1. The molecule has 0 radical (unpaired) electrons. The molecular weight excluding hydrogens is 441 g/mol. The monoisotopic (exact) mass is 463 g/mol. The average Bonchev–Trinajstić information content (AvgIpc) is 3.19. The van der Waals surface area contributed by atoms with Gasteiger partial charge in [-0.2, -0.15) is 0 Å². The Kier molecular flexibility index (Phi) is 8.28. The minimum absolute atomic E-state index is 0. The Morgan fingerprint density at radius 2 is 1.72 bits per heavy atom. The Bertz CT molecular complexity index is 827. The van der Waals surface area contributed by atoms with Gasteiger partial charge in [0.2, 0.25) is 12.2 Å². The maximum absolute atomic E-state index is 11.2. The van der Waals surface area contributed by atoms with Gasteiger partial charge in [0.1, 0.15) is 48.8 Å². The molecule has 10 atom stereocenters. The van der Waals surface area contributed by atoms with E-state index in [-0.39, 0.29) is 35.5 Å². The third-order valence-corrected chi connectivity index (χ3v) is 5.43. The zero-order chi connectivity index (χ0) is 22.3. The van der Waals surface area contributed by atoms with Crippen LogP contribution in [-0.2, 0) is 23.7 Å². The Balaban J connectivity index is 0.00000289. The molecule has 3 aliphatic heterocycles. The number of carbonyl (C=O) groups excluding carboxylic acids is 1. The fourth-order valence-corrected chi connectivity index (χ4v) is 3.75. The first-order valence-electron chi connectivity index (χ1n) is 9.62. The SMILES string of the molecule is O=C([O-])[C@H]1O[C@@H](O[C@H]2[C@H](O)[C@@H](CO)O[C@H]3OC(c4ccccc4)=N[C@H]32)[C@H](O)[C@@H](O)[C@@H]1O.[Na+]. The summed E-state index contributed by atoms with van der Waals surface area (Å²) in [5.41, 5.74) is 0.624. The molecule has 0 spiro atoms. The van der Waals surface area contributed by atoms with Crippen LogP contribution in [0.1, 0.15) is 5.56 Å². The van der Waals surface area contributed by atoms with Gasteiger partial charge < -0.3 is 54.4 Å². The van der Waals surface area contributed by atoms with Crippen LogP contribution >= 0.6 is 0 Å². The number of carbonyl (C=O) groups is 1. The second-order valence-corrected chi connectivity index (χ2v) is 7.44. The Morgan fingerprint density at radius 3 is 2.34 bits per heavy atom.